The summed E-state index contributed by atoms with van der Waals surface area (Å²) in [5.41, 5.74) is -0.453. The molecule has 1 fully saturated rings. The van der Waals surface area contributed by atoms with Gasteiger partial charge in [0, 0.05) is 26.2 Å². The Morgan fingerprint density at radius 1 is 1.27 bits per heavy atom. The molecule has 1 heterocycles. The number of hydrogen-bond acceptors (Lipinski definition) is 4. The van der Waals surface area contributed by atoms with Gasteiger partial charge in [-0.3, -0.25) is 0 Å². The Hall–Kier alpha value is -2.35. The van der Waals surface area contributed by atoms with Gasteiger partial charge < -0.3 is 25.2 Å². The van der Waals surface area contributed by atoms with Gasteiger partial charge >= 0.3 is 12.1 Å². The van der Waals surface area contributed by atoms with Crippen LogP contribution in [0.2, 0.25) is 0 Å². The molecule has 0 saturated carbocycles. The van der Waals surface area contributed by atoms with Crippen LogP contribution in [0.1, 0.15) is 20.8 Å². The van der Waals surface area contributed by atoms with Crippen LogP contribution in [0.4, 0.5) is 19.7 Å². The Morgan fingerprint density at radius 3 is 2.62 bits per heavy atom. The van der Waals surface area contributed by atoms with Crippen molar-refractivity contribution in [3.8, 4) is 0 Å². The Labute approximate surface area is 153 Å². The van der Waals surface area contributed by atoms with E-state index in [0.717, 1.165) is 0 Å². The minimum Gasteiger partial charge on any atom is -0.444 e. The molecule has 0 unspecified atom stereocenters. The summed E-state index contributed by atoms with van der Waals surface area (Å²) in [6.45, 7) is 7.40. The molecule has 26 heavy (non-hydrogen) atoms. The molecule has 8 heteroatoms. The van der Waals surface area contributed by atoms with E-state index in [9.17, 15) is 14.0 Å². The molecule has 0 aromatic heterocycles. The highest BCUT2D eigenvalue weighted by Crippen LogP contribution is 2.16. The molecular weight excluding hydrogens is 339 g/mol. The van der Waals surface area contributed by atoms with Gasteiger partial charge in [-0.25, -0.2) is 14.0 Å². The highest BCUT2D eigenvalue weighted by Gasteiger charge is 2.30. The van der Waals surface area contributed by atoms with Gasteiger partial charge in [0.2, 0.25) is 0 Å². The SMILES string of the molecule is CN1CCN(C(=O)Nc2ccccc2F)[C@H](CNC(=O)OC(C)(C)C)C1. The number of urea groups is 1. The number of nitrogens with zero attached hydrogens (tertiary/aromatic N) is 2. The molecule has 3 amide bonds. The first kappa shape index (κ1) is 20.0. The molecule has 0 aliphatic carbocycles. The van der Waals surface area contributed by atoms with Crippen molar-refractivity contribution in [2.45, 2.75) is 32.4 Å². The van der Waals surface area contributed by atoms with E-state index in [1.165, 1.54) is 12.1 Å². The largest absolute Gasteiger partial charge is 0.444 e. The van der Waals surface area contributed by atoms with Crippen LogP contribution >= 0.6 is 0 Å². The summed E-state index contributed by atoms with van der Waals surface area (Å²) >= 11 is 0. The molecule has 1 aromatic carbocycles. The Morgan fingerprint density at radius 2 is 1.96 bits per heavy atom. The van der Waals surface area contributed by atoms with Crippen LogP contribution in [0.15, 0.2) is 24.3 Å². The fourth-order valence-corrected chi connectivity index (χ4v) is 2.72. The van der Waals surface area contributed by atoms with E-state index in [2.05, 4.69) is 15.5 Å². The maximum absolute atomic E-state index is 13.8. The molecule has 144 valence electrons. The van der Waals surface area contributed by atoms with E-state index in [1.54, 1.807) is 37.8 Å². The maximum atomic E-state index is 13.8. The first-order valence-corrected chi connectivity index (χ1v) is 8.63. The standard InChI is InChI=1S/C18H27FN4O3/c1-18(2,3)26-17(25)20-11-13-12-22(4)9-10-23(13)16(24)21-15-8-6-5-7-14(15)19/h5-8,13H,9-12H2,1-4H3,(H,20,25)(H,21,24)/t13-/m1/s1. The van der Waals surface area contributed by atoms with Gasteiger partial charge in [-0.2, -0.15) is 0 Å². The lowest BCUT2D eigenvalue weighted by Crippen LogP contribution is -2.59. The molecule has 7 nitrogen and oxygen atoms in total. The third-order valence-corrected chi connectivity index (χ3v) is 3.94. The van der Waals surface area contributed by atoms with Gasteiger partial charge in [0.25, 0.3) is 0 Å². The van der Waals surface area contributed by atoms with Crippen molar-refractivity contribution in [2.24, 2.45) is 0 Å². The van der Waals surface area contributed by atoms with Crippen LogP contribution in [0.25, 0.3) is 0 Å². The predicted octanol–water partition coefficient (Wildman–Crippen LogP) is 2.50. The number of carbonyl (C=O) groups excluding carboxylic acids is 2. The normalized spacial score (nSPS) is 18.3. The number of likely N-dealkylation sites (N-methyl/N-ethyl adjacent to an activating group) is 1. The minimum atomic E-state index is -0.588. The second kappa shape index (κ2) is 8.35. The Balaban J connectivity index is 1.99. The van der Waals surface area contributed by atoms with E-state index in [-0.39, 0.29) is 24.3 Å². The van der Waals surface area contributed by atoms with Gasteiger partial charge in [-0.05, 0) is 40.0 Å². The van der Waals surface area contributed by atoms with Crippen molar-refractivity contribution >= 4 is 17.8 Å². The third kappa shape index (κ3) is 5.87. The lowest BCUT2D eigenvalue weighted by atomic mass is 10.1. The summed E-state index contributed by atoms with van der Waals surface area (Å²) in [7, 11) is 1.95. The smallest absolute Gasteiger partial charge is 0.407 e. The van der Waals surface area contributed by atoms with Crippen molar-refractivity contribution in [2.75, 3.05) is 38.5 Å². The number of nitrogens with one attached hydrogen (secondary N) is 2. The van der Waals surface area contributed by atoms with E-state index >= 15 is 0 Å². The summed E-state index contributed by atoms with van der Waals surface area (Å²) in [5.74, 6) is -0.488. The number of rotatable bonds is 3. The number of para-hydroxylation sites is 1. The number of benzene rings is 1. The Bertz CT molecular complexity index is 648. The van der Waals surface area contributed by atoms with Crippen molar-refractivity contribution in [3.05, 3.63) is 30.1 Å². The van der Waals surface area contributed by atoms with Gasteiger partial charge in [0.05, 0.1) is 11.7 Å². The average Bonchev–Trinajstić information content (AvgIpc) is 2.53. The third-order valence-electron chi connectivity index (χ3n) is 3.94. The van der Waals surface area contributed by atoms with Crippen molar-refractivity contribution in [1.82, 2.24) is 15.1 Å². The van der Waals surface area contributed by atoms with Crippen LogP contribution in [-0.4, -0.2) is 66.8 Å². The minimum absolute atomic E-state index is 0.135. The number of amides is 3. The van der Waals surface area contributed by atoms with E-state index in [0.29, 0.717) is 19.6 Å². The molecule has 1 aliphatic rings. The number of alkyl carbamates (subject to hydrolysis) is 1. The Kier molecular flexibility index (Phi) is 6.42. The molecule has 1 saturated heterocycles. The maximum Gasteiger partial charge on any atom is 0.407 e. The number of halogens is 1. The number of hydrogen-bond donors (Lipinski definition) is 2. The summed E-state index contributed by atoms with van der Waals surface area (Å²) < 4.78 is 19.0. The summed E-state index contributed by atoms with van der Waals surface area (Å²) in [5, 5.41) is 5.31. The second-order valence-electron chi connectivity index (χ2n) is 7.40. The fourth-order valence-electron chi connectivity index (χ4n) is 2.72. The average molecular weight is 366 g/mol. The van der Waals surface area contributed by atoms with Crippen LogP contribution in [0.3, 0.4) is 0 Å². The molecule has 1 aliphatic heterocycles. The highest BCUT2D eigenvalue weighted by molar-refractivity contribution is 5.89. The lowest BCUT2D eigenvalue weighted by Gasteiger charge is -2.40. The molecule has 0 radical (unpaired) electrons. The molecule has 1 atom stereocenters. The summed E-state index contributed by atoms with van der Waals surface area (Å²) in [6, 6.07) is 5.39. The van der Waals surface area contributed by atoms with Crippen LogP contribution in [0.5, 0.6) is 0 Å². The van der Waals surface area contributed by atoms with Crippen LogP contribution in [0, 0.1) is 5.82 Å². The molecular formula is C18H27FN4O3. The van der Waals surface area contributed by atoms with E-state index in [4.69, 9.17) is 4.74 Å². The zero-order valence-corrected chi connectivity index (χ0v) is 15.7. The van der Waals surface area contributed by atoms with E-state index in [1.807, 2.05) is 7.05 Å². The first-order valence-electron chi connectivity index (χ1n) is 8.63. The fraction of sp³-hybridized carbons (Fsp3) is 0.556. The second-order valence-corrected chi connectivity index (χ2v) is 7.40. The number of anilines is 1. The summed E-state index contributed by atoms with van der Waals surface area (Å²) in [4.78, 5) is 28.2. The van der Waals surface area contributed by atoms with Crippen molar-refractivity contribution < 1.29 is 18.7 Å². The number of piperazine rings is 1. The summed E-state index contributed by atoms with van der Waals surface area (Å²) in [6.07, 6.45) is -0.528. The lowest BCUT2D eigenvalue weighted by molar-refractivity contribution is 0.0490. The van der Waals surface area contributed by atoms with Gasteiger partial charge in [0.1, 0.15) is 11.4 Å². The van der Waals surface area contributed by atoms with Gasteiger partial charge in [-0.15, -0.1) is 0 Å². The zero-order valence-electron chi connectivity index (χ0n) is 15.7. The highest BCUT2D eigenvalue weighted by atomic mass is 19.1. The molecule has 2 rings (SSSR count). The van der Waals surface area contributed by atoms with Gasteiger partial charge in [-0.1, -0.05) is 12.1 Å². The molecule has 0 bridgehead atoms. The monoisotopic (exact) mass is 366 g/mol. The van der Waals surface area contributed by atoms with E-state index < -0.39 is 17.5 Å². The molecule has 0 spiro atoms. The molecule has 1 aromatic rings. The zero-order chi connectivity index (χ0) is 19.3. The quantitative estimate of drug-likeness (QED) is 0.862. The van der Waals surface area contributed by atoms with Gasteiger partial charge in [0.15, 0.2) is 0 Å². The molecule has 2 N–H and O–H groups in total. The van der Waals surface area contributed by atoms with Crippen molar-refractivity contribution in [3.63, 3.8) is 0 Å². The first-order chi connectivity index (χ1) is 12.2. The predicted molar refractivity (Wildman–Crippen MR) is 97.6 cm³/mol. The topological polar surface area (TPSA) is 73.9 Å². The van der Waals surface area contributed by atoms with Crippen molar-refractivity contribution in [1.29, 1.82) is 0 Å². The van der Waals surface area contributed by atoms with Crippen LogP contribution < -0.4 is 10.6 Å². The number of carbonyl (C=O) groups is 2. The number of ether oxygens (including phenoxy) is 1. The van der Waals surface area contributed by atoms with Crippen LogP contribution in [-0.2, 0) is 4.74 Å².